The zero-order valence-corrected chi connectivity index (χ0v) is 16.0. The molecule has 1 saturated heterocycles. The molecule has 1 aliphatic heterocycles. The highest BCUT2D eigenvalue weighted by molar-refractivity contribution is 7.80. The summed E-state index contributed by atoms with van der Waals surface area (Å²) in [5, 5.41) is 13.2. The molecule has 0 unspecified atom stereocenters. The van der Waals surface area contributed by atoms with Crippen LogP contribution in [0.25, 0.3) is 11.3 Å². The van der Waals surface area contributed by atoms with Crippen molar-refractivity contribution in [1.29, 1.82) is 0 Å². The molecule has 3 aromatic rings. The highest BCUT2D eigenvalue weighted by atomic mass is 32.1. The number of carboxylic acids is 1. The summed E-state index contributed by atoms with van der Waals surface area (Å²) in [7, 11) is 0. The molecule has 1 aliphatic rings. The van der Waals surface area contributed by atoms with Crippen LogP contribution in [0.4, 0.5) is 0 Å². The number of hydrogen-bond donors (Lipinski definition) is 2. The van der Waals surface area contributed by atoms with Crippen LogP contribution in [0.15, 0.2) is 65.2 Å². The fourth-order valence-corrected chi connectivity index (χ4v) is 3.90. The van der Waals surface area contributed by atoms with Gasteiger partial charge in [-0.3, -0.25) is 4.98 Å². The lowest BCUT2D eigenvalue weighted by Gasteiger charge is -2.24. The number of likely N-dealkylation sites (N-methyl/N-ethyl adjacent to an activating group) is 1. The molecule has 6 nitrogen and oxygen atoms in total. The molecule has 0 amide bonds. The second-order valence-corrected chi connectivity index (χ2v) is 6.89. The van der Waals surface area contributed by atoms with E-state index in [0.29, 0.717) is 10.9 Å². The standard InChI is InChI=1S/C21H19N3O3S/c1-2-24-19(18(23-21(24)28)15-8-3-4-11-22-15)17-10-9-16(27-17)13-6-5-7-14(12-13)20(25)26/h3-12,18-19H,2H2,1H3,(H,23,28)(H,25,26)/t18-,19+/m1/s1. The van der Waals surface area contributed by atoms with Gasteiger partial charge in [0.25, 0.3) is 0 Å². The van der Waals surface area contributed by atoms with Crippen molar-refractivity contribution in [2.45, 2.75) is 19.0 Å². The van der Waals surface area contributed by atoms with Crippen LogP contribution in [0.3, 0.4) is 0 Å². The lowest BCUT2D eigenvalue weighted by atomic mass is 10.0. The number of nitrogens with one attached hydrogen (secondary N) is 1. The summed E-state index contributed by atoms with van der Waals surface area (Å²) in [5.41, 5.74) is 1.83. The number of aromatic nitrogens is 1. The van der Waals surface area contributed by atoms with Gasteiger partial charge in [-0.05, 0) is 55.5 Å². The summed E-state index contributed by atoms with van der Waals surface area (Å²) < 4.78 is 6.16. The summed E-state index contributed by atoms with van der Waals surface area (Å²) in [6, 6.07) is 16.0. The maximum absolute atomic E-state index is 11.2. The molecule has 2 atom stereocenters. The van der Waals surface area contributed by atoms with Gasteiger partial charge in [-0.25, -0.2) is 4.79 Å². The molecule has 1 aromatic carbocycles. The van der Waals surface area contributed by atoms with Crippen LogP contribution in [0.1, 0.15) is 40.8 Å². The summed E-state index contributed by atoms with van der Waals surface area (Å²) in [6.07, 6.45) is 1.76. The van der Waals surface area contributed by atoms with E-state index in [9.17, 15) is 9.90 Å². The number of hydrogen-bond acceptors (Lipinski definition) is 4. The Labute approximate surface area is 167 Å². The smallest absolute Gasteiger partial charge is 0.335 e. The van der Waals surface area contributed by atoms with Gasteiger partial charge in [-0.15, -0.1) is 0 Å². The highest BCUT2D eigenvalue weighted by Crippen LogP contribution is 2.40. The van der Waals surface area contributed by atoms with E-state index in [0.717, 1.165) is 23.6 Å². The van der Waals surface area contributed by atoms with Crippen molar-refractivity contribution in [3.8, 4) is 11.3 Å². The first-order chi connectivity index (χ1) is 13.6. The number of benzene rings is 1. The quantitative estimate of drug-likeness (QED) is 0.634. The number of thiocarbonyl (C=S) groups is 1. The molecule has 0 radical (unpaired) electrons. The van der Waals surface area contributed by atoms with E-state index in [1.807, 2.05) is 43.3 Å². The first-order valence-corrected chi connectivity index (χ1v) is 9.41. The number of carboxylic acid groups (broad SMARTS) is 1. The minimum absolute atomic E-state index is 0.127. The molecule has 2 N–H and O–H groups in total. The van der Waals surface area contributed by atoms with Crippen molar-refractivity contribution in [3.05, 3.63) is 77.8 Å². The van der Waals surface area contributed by atoms with Crippen LogP contribution < -0.4 is 5.32 Å². The Morgan fingerprint density at radius 2 is 2.11 bits per heavy atom. The third-order valence-corrected chi connectivity index (χ3v) is 5.20. The molecule has 7 heteroatoms. The third-order valence-electron chi connectivity index (χ3n) is 4.85. The first kappa shape index (κ1) is 18.2. The topological polar surface area (TPSA) is 78.6 Å². The predicted octanol–water partition coefficient (Wildman–Crippen LogP) is 4.03. The average molecular weight is 393 g/mol. The number of rotatable bonds is 5. The molecule has 28 heavy (non-hydrogen) atoms. The molecule has 3 heterocycles. The first-order valence-electron chi connectivity index (χ1n) is 9.00. The van der Waals surface area contributed by atoms with E-state index < -0.39 is 5.97 Å². The molecule has 0 bridgehead atoms. The van der Waals surface area contributed by atoms with Gasteiger partial charge in [-0.1, -0.05) is 18.2 Å². The van der Waals surface area contributed by atoms with Gasteiger partial charge in [0, 0.05) is 18.3 Å². The van der Waals surface area contributed by atoms with Gasteiger partial charge >= 0.3 is 5.97 Å². The summed E-state index contributed by atoms with van der Waals surface area (Å²) in [4.78, 5) is 17.8. The molecule has 2 aromatic heterocycles. The Kier molecular flexibility index (Phi) is 4.83. The molecule has 0 aliphatic carbocycles. The van der Waals surface area contributed by atoms with Crippen LogP contribution in [-0.4, -0.2) is 32.6 Å². The molecular weight excluding hydrogens is 374 g/mol. The number of aromatic carboxylic acids is 1. The van der Waals surface area contributed by atoms with E-state index >= 15 is 0 Å². The molecule has 0 spiro atoms. The van der Waals surface area contributed by atoms with Crippen molar-refractivity contribution in [2.75, 3.05) is 6.54 Å². The fraction of sp³-hybridized carbons (Fsp3) is 0.190. The van der Waals surface area contributed by atoms with E-state index in [1.165, 1.54) is 0 Å². The zero-order valence-electron chi connectivity index (χ0n) is 15.2. The fourth-order valence-electron chi connectivity index (χ4n) is 3.53. The number of furan rings is 1. The Hall–Kier alpha value is -3.19. The van der Waals surface area contributed by atoms with Gasteiger partial charge in [0.05, 0.1) is 17.3 Å². The van der Waals surface area contributed by atoms with Gasteiger partial charge in [0.2, 0.25) is 0 Å². The highest BCUT2D eigenvalue weighted by Gasteiger charge is 2.40. The van der Waals surface area contributed by atoms with E-state index in [1.54, 1.807) is 24.4 Å². The lowest BCUT2D eigenvalue weighted by Crippen LogP contribution is -2.29. The van der Waals surface area contributed by atoms with Crippen molar-refractivity contribution in [1.82, 2.24) is 15.2 Å². The van der Waals surface area contributed by atoms with Gasteiger partial charge in [0.1, 0.15) is 17.6 Å². The van der Waals surface area contributed by atoms with E-state index in [-0.39, 0.29) is 17.6 Å². The maximum Gasteiger partial charge on any atom is 0.335 e. The molecular formula is C21H19N3O3S. The Bertz CT molecular complexity index is 1020. The number of nitrogens with zero attached hydrogens (tertiary/aromatic N) is 2. The Balaban J connectivity index is 1.72. The Morgan fingerprint density at radius 1 is 1.25 bits per heavy atom. The van der Waals surface area contributed by atoms with Crippen LogP contribution in [-0.2, 0) is 0 Å². The minimum Gasteiger partial charge on any atom is -0.478 e. The van der Waals surface area contributed by atoms with Crippen molar-refractivity contribution in [2.24, 2.45) is 0 Å². The van der Waals surface area contributed by atoms with Crippen molar-refractivity contribution in [3.63, 3.8) is 0 Å². The van der Waals surface area contributed by atoms with Crippen molar-refractivity contribution >= 4 is 23.3 Å². The maximum atomic E-state index is 11.2. The molecule has 1 fully saturated rings. The summed E-state index contributed by atoms with van der Waals surface area (Å²) >= 11 is 5.52. The summed E-state index contributed by atoms with van der Waals surface area (Å²) in [5.74, 6) is 0.402. The van der Waals surface area contributed by atoms with Crippen LogP contribution >= 0.6 is 12.2 Å². The van der Waals surface area contributed by atoms with Gasteiger partial charge in [-0.2, -0.15) is 0 Å². The van der Waals surface area contributed by atoms with Crippen molar-refractivity contribution < 1.29 is 14.3 Å². The second-order valence-electron chi connectivity index (χ2n) is 6.50. The van der Waals surface area contributed by atoms with Gasteiger partial charge < -0.3 is 19.7 Å². The lowest BCUT2D eigenvalue weighted by molar-refractivity contribution is 0.0697. The molecule has 142 valence electrons. The molecule has 0 saturated carbocycles. The molecule has 4 rings (SSSR count). The zero-order chi connectivity index (χ0) is 19.7. The third kappa shape index (κ3) is 3.25. The van der Waals surface area contributed by atoms with Crippen LogP contribution in [0.2, 0.25) is 0 Å². The average Bonchev–Trinajstić information content (AvgIpc) is 3.33. The largest absolute Gasteiger partial charge is 0.478 e. The normalized spacial score (nSPS) is 18.9. The van der Waals surface area contributed by atoms with E-state index in [2.05, 4.69) is 15.2 Å². The number of pyridine rings is 1. The van der Waals surface area contributed by atoms with Crippen LogP contribution in [0, 0.1) is 0 Å². The van der Waals surface area contributed by atoms with E-state index in [4.69, 9.17) is 16.6 Å². The predicted molar refractivity (Wildman–Crippen MR) is 109 cm³/mol. The monoisotopic (exact) mass is 393 g/mol. The van der Waals surface area contributed by atoms with Gasteiger partial charge in [0.15, 0.2) is 5.11 Å². The summed E-state index contributed by atoms with van der Waals surface area (Å²) in [6.45, 7) is 2.77. The number of carbonyl (C=O) groups is 1. The minimum atomic E-state index is -0.966. The van der Waals surface area contributed by atoms with Crippen LogP contribution in [0.5, 0.6) is 0 Å². The second kappa shape index (κ2) is 7.44. The SMILES string of the molecule is CCN1C(=S)N[C@H](c2ccccn2)[C@@H]1c1ccc(-c2cccc(C(=O)O)c2)o1. The Morgan fingerprint density at radius 3 is 2.82 bits per heavy atom.